The van der Waals surface area contributed by atoms with E-state index in [0.29, 0.717) is 21.3 Å². The first kappa shape index (κ1) is 28.5. The highest BCUT2D eigenvalue weighted by molar-refractivity contribution is 8.19. The number of rotatable bonds is 6. The Balaban J connectivity index is 1.47. The van der Waals surface area contributed by atoms with E-state index in [1.807, 2.05) is 99.6 Å². The minimum Gasteiger partial charge on any atom is -0.378 e. The molecule has 0 saturated carbocycles. The van der Waals surface area contributed by atoms with Crippen molar-refractivity contribution in [2.24, 2.45) is 4.99 Å². The summed E-state index contributed by atoms with van der Waals surface area (Å²) in [4.78, 5) is 20.9. The summed E-state index contributed by atoms with van der Waals surface area (Å²) in [7, 11) is -4.14. The molecule has 0 bridgehead atoms. The van der Waals surface area contributed by atoms with Crippen molar-refractivity contribution in [3.8, 4) is 5.75 Å². The number of benzene rings is 5. The van der Waals surface area contributed by atoms with Gasteiger partial charge in [-0.05, 0) is 91.8 Å². The van der Waals surface area contributed by atoms with Gasteiger partial charge in [-0.15, -0.1) is 0 Å². The van der Waals surface area contributed by atoms with Gasteiger partial charge in [0.05, 0.1) is 16.3 Å². The lowest BCUT2D eigenvalue weighted by molar-refractivity contribution is -0.113. The average Bonchev–Trinajstić information content (AvgIpc) is 3.30. The monoisotopic (exact) mass is 604 g/mol. The quantitative estimate of drug-likeness (QED) is 0.144. The molecular weight excluding hydrogens is 577 g/mol. The van der Waals surface area contributed by atoms with Crippen molar-refractivity contribution < 1.29 is 17.4 Å². The molecular formula is C35H28N2O4S2. The molecule has 6 nitrogen and oxygen atoms in total. The Morgan fingerprint density at radius 2 is 1.35 bits per heavy atom. The maximum absolute atomic E-state index is 14.0. The Labute approximate surface area is 255 Å². The molecule has 0 N–H and O–H groups in total. The van der Waals surface area contributed by atoms with Gasteiger partial charge in [-0.1, -0.05) is 83.4 Å². The summed E-state index contributed by atoms with van der Waals surface area (Å²) < 4.78 is 32.3. The number of amidine groups is 1. The van der Waals surface area contributed by atoms with Gasteiger partial charge in [0.25, 0.3) is 5.91 Å². The van der Waals surface area contributed by atoms with Crippen molar-refractivity contribution in [2.75, 3.05) is 4.90 Å². The molecule has 0 radical (unpaired) electrons. The largest absolute Gasteiger partial charge is 0.378 e. The van der Waals surface area contributed by atoms with Crippen LogP contribution in [0.5, 0.6) is 5.75 Å². The lowest BCUT2D eigenvalue weighted by atomic mass is 10.0. The van der Waals surface area contributed by atoms with E-state index in [9.17, 15) is 13.2 Å². The zero-order chi connectivity index (χ0) is 30.1. The third-order valence-electron chi connectivity index (χ3n) is 7.07. The van der Waals surface area contributed by atoms with Crippen LogP contribution in [0.1, 0.15) is 22.3 Å². The molecule has 5 aromatic carbocycles. The van der Waals surface area contributed by atoms with Crippen LogP contribution in [-0.2, 0) is 14.9 Å². The lowest BCUT2D eigenvalue weighted by Crippen LogP contribution is -2.28. The van der Waals surface area contributed by atoms with Crippen molar-refractivity contribution in [3.05, 3.63) is 136 Å². The summed E-state index contributed by atoms with van der Waals surface area (Å²) in [5.74, 6) is -0.133. The minimum atomic E-state index is -4.14. The van der Waals surface area contributed by atoms with Crippen molar-refractivity contribution in [3.63, 3.8) is 0 Å². The van der Waals surface area contributed by atoms with Gasteiger partial charge in [0.15, 0.2) is 10.9 Å². The molecule has 1 amide bonds. The maximum Gasteiger partial charge on any atom is 0.339 e. The Kier molecular flexibility index (Phi) is 7.64. The predicted octanol–water partition coefficient (Wildman–Crippen LogP) is 8.34. The van der Waals surface area contributed by atoms with E-state index in [1.54, 1.807) is 29.2 Å². The summed E-state index contributed by atoms with van der Waals surface area (Å²) in [5.41, 5.74) is 5.02. The van der Waals surface area contributed by atoms with E-state index in [0.717, 1.165) is 33.2 Å². The van der Waals surface area contributed by atoms with Gasteiger partial charge in [0.2, 0.25) is 0 Å². The summed E-state index contributed by atoms with van der Waals surface area (Å²) >= 11 is 1.24. The number of nitrogens with zero attached hydrogens (tertiary/aromatic N) is 2. The van der Waals surface area contributed by atoms with Gasteiger partial charge >= 0.3 is 10.1 Å². The van der Waals surface area contributed by atoms with E-state index in [2.05, 4.69) is 0 Å². The van der Waals surface area contributed by atoms with Crippen LogP contribution in [-0.4, -0.2) is 19.5 Å². The van der Waals surface area contributed by atoms with E-state index >= 15 is 0 Å². The van der Waals surface area contributed by atoms with Crippen molar-refractivity contribution in [2.45, 2.75) is 25.7 Å². The van der Waals surface area contributed by atoms with Gasteiger partial charge in [-0.2, -0.15) is 8.42 Å². The highest BCUT2D eigenvalue weighted by atomic mass is 32.2. The molecule has 0 aliphatic carbocycles. The average molecular weight is 605 g/mol. The first-order valence-corrected chi connectivity index (χ1v) is 15.9. The second kappa shape index (κ2) is 11.6. The summed E-state index contributed by atoms with van der Waals surface area (Å²) in [6, 6.07) is 33.0. The fraction of sp³-hybridized carbons (Fsp3) is 0.0857. The minimum absolute atomic E-state index is 0.0502. The number of carbonyl (C=O) groups excluding carboxylic acids is 1. The van der Waals surface area contributed by atoms with Crippen LogP contribution in [0, 0.1) is 20.8 Å². The third kappa shape index (κ3) is 5.98. The molecule has 1 fully saturated rings. The molecule has 0 aromatic heterocycles. The Hall–Kier alpha value is -4.66. The van der Waals surface area contributed by atoms with Crippen molar-refractivity contribution >= 4 is 61.2 Å². The maximum atomic E-state index is 14.0. The predicted molar refractivity (Wildman–Crippen MR) is 175 cm³/mol. The van der Waals surface area contributed by atoms with Gasteiger partial charge in [-0.3, -0.25) is 9.69 Å². The van der Waals surface area contributed by atoms with Crippen LogP contribution >= 0.6 is 11.8 Å². The van der Waals surface area contributed by atoms with E-state index in [1.165, 1.54) is 23.9 Å². The lowest BCUT2D eigenvalue weighted by Gasteiger charge is -2.16. The molecule has 1 heterocycles. The number of thioether (sulfide) groups is 1. The number of aryl methyl sites for hydroxylation is 3. The highest BCUT2D eigenvalue weighted by Crippen LogP contribution is 2.40. The highest BCUT2D eigenvalue weighted by Gasteiger charge is 2.35. The molecule has 43 heavy (non-hydrogen) atoms. The van der Waals surface area contributed by atoms with Gasteiger partial charge in [0, 0.05) is 5.56 Å². The summed E-state index contributed by atoms with van der Waals surface area (Å²) in [6.07, 6.45) is 1.70. The van der Waals surface area contributed by atoms with Crippen LogP contribution in [0.25, 0.3) is 16.8 Å². The molecule has 1 aliphatic rings. The fourth-order valence-corrected chi connectivity index (χ4v) is 6.63. The molecule has 5 aromatic rings. The number of carbonyl (C=O) groups is 1. The van der Waals surface area contributed by atoms with Gasteiger partial charge < -0.3 is 4.18 Å². The van der Waals surface area contributed by atoms with Gasteiger partial charge in [-0.25, -0.2) is 4.99 Å². The number of hydrogen-bond acceptors (Lipinski definition) is 6. The molecule has 8 heteroatoms. The first-order chi connectivity index (χ1) is 20.7. The van der Waals surface area contributed by atoms with Crippen LogP contribution in [0.3, 0.4) is 0 Å². The Bertz CT molecular complexity index is 2010. The topological polar surface area (TPSA) is 76.0 Å². The van der Waals surface area contributed by atoms with E-state index in [4.69, 9.17) is 9.18 Å². The molecule has 0 spiro atoms. The normalized spacial score (nSPS) is 15.5. The SMILES string of the molecule is Cc1ccc(N=C2S/C(=C\c3c(OS(=O)(=O)c4ccc(C)cc4)ccc4ccccc34)C(=O)N2c2ccc(C)cc2)cc1. The fourth-order valence-electron chi connectivity index (χ4n) is 4.70. The van der Waals surface area contributed by atoms with E-state index in [-0.39, 0.29) is 16.6 Å². The van der Waals surface area contributed by atoms with Crippen LogP contribution in [0.2, 0.25) is 0 Å². The Morgan fingerprint density at radius 3 is 2.02 bits per heavy atom. The van der Waals surface area contributed by atoms with Crippen molar-refractivity contribution in [1.29, 1.82) is 0 Å². The van der Waals surface area contributed by atoms with Crippen LogP contribution in [0.4, 0.5) is 11.4 Å². The number of aliphatic imine (C=N–C) groups is 1. The zero-order valence-corrected chi connectivity index (χ0v) is 25.4. The number of amides is 1. The number of anilines is 1. The van der Waals surface area contributed by atoms with Gasteiger partial charge in [0.1, 0.15) is 4.90 Å². The second-order valence-corrected chi connectivity index (χ2v) is 12.9. The number of hydrogen-bond donors (Lipinski definition) is 0. The van der Waals surface area contributed by atoms with Crippen LogP contribution in [0.15, 0.2) is 124 Å². The molecule has 1 saturated heterocycles. The summed E-state index contributed by atoms with van der Waals surface area (Å²) in [5, 5.41) is 2.14. The number of fused-ring (bicyclic) bond motifs is 1. The molecule has 0 unspecified atom stereocenters. The third-order valence-corrected chi connectivity index (χ3v) is 9.29. The van der Waals surface area contributed by atoms with Crippen LogP contribution < -0.4 is 9.08 Å². The molecule has 1 aliphatic heterocycles. The molecule has 0 atom stereocenters. The Morgan fingerprint density at radius 1 is 0.744 bits per heavy atom. The van der Waals surface area contributed by atoms with Crippen molar-refractivity contribution in [1.82, 2.24) is 0 Å². The standard InChI is InChI=1S/C35H28N2O4S2/c1-23-8-15-27(16-9-23)36-35-37(28-17-10-24(2)11-18-28)34(38)33(42-35)22-31-30-7-5-4-6-26(30)14-21-32(31)41-43(39,40)29-19-12-25(3)13-20-29/h4-22H,1-3H3/b33-22-,36-35?. The second-order valence-electron chi connectivity index (χ2n) is 10.4. The smallest absolute Gasteiger partial charge is 0.339 e. The van der Waals surface area contributed by atoms with E-state index < -0.39 is 10.1 Å². The molecule has 214 valence electrons. The summed E-state index contributed by atoms with van der Waals surface area (Å²) in [6.45, 7) is 5.88. The first-order valence-electron chi connectivity index (χ1n) is 13.7. The molecule has 6 rings (SSSR count). The zero-order valence-electron chi connectivity index (χ0n) is 23.8.